The summed E-state index contributed by atoms with van der Waals surface area (Å²) in [6.45, 7) is 0. The highest BCUT2D eigenvalue weighted by molar-refractivity contribution is 7.79. The molecule has 0 rings (SSSR count). The molecule has 0 aromatic rings. The Bertz CT molecular complexity index is 398. The summed E-state index contributed by atoms with van der Waals surface area (Å²) in [6.07, 6.45) is -1.83. The van der Waals surface area contributed by atoms with Crippen LogP contribution in [0.3, 0.4) is 0 Å². The molecule has 19 nitrogen and oxygen atoms in total. The van der Waals surface area contributed by atoms with Crippen LogP contribution < -0.4 is 0 Å². The van der Waals surface area contributed by atoms with Gasteiger partial charge in [0.05, 0.1) is 0 Å². The van der Waals surface area contributed by atoms with Gasteiger partial charge in [0.15, 0.2) is 0 Å². The lowest BCUT2D eigenvalue weighted by Crippen LogP contribution is -2.33. The van der Waals surface area contributed by atoms with E-state index in [1.165, 1.54) is 0 Å². The van der Waals surface area contributed by atoms with E-state index < -0.39 is 38.5 Å². The summed E-state index contributed by atoms with van der Waals surface area (Å²) in [6, 6.07) is 0. The molecule has 0 atom stereocenters. The van der Waals surface area contributed by atoms with E-state index in [1.54, 1.807) is 0 Å². The van der Waals surface area contributed by atoms with Gasteiger partial charge in [-0.25, -0.2) is 9.36 Å². The fourth-order valence-corrected chi connectivity index (χ4v) is 0. The molecule has 12 N–H and O–H groups in total. The molecule has 0 spiro atoms. The summed E-state index contributed by atoms with van der Waals surface area (Å²) in [5, 5.41) is 27.6. The zero-order valence-electron chi connectivity index (χ0n) is 10.1. The Morgan fingerprint density at radius 2 is 1.00 bits per heavy atom. The first kappa shape index (κ1) is 33.2. The maximum Gasteiger partial charge on any atom is 0.668 e. The SMILES string of the molecule is O=C(O)O.O=P(O)(O)O.O=S(=O)(O)O.O=[N+]([O-])O.O[Si](O)(O)O. The zero-order valence-corrected chi connectivity index (χ0v) is 12.8. The summed E-state index contributed by atoms with van der Waals surface area (Å²) < 4.78 is 40.5. The molecule has 0 radical (unpaired) electrons. The second-order valence-electron chi connectivity index (χ2n) is 2.08. The number of carboxylic acid groups (broad SMARTS) is 2. The molecule has 0 heterocycles. The molecule has 0 bridgehead atoms. The fourth-order valence-electron chi connectivity index (χ4n) is 0. The highest BCUT2D eigenvalue weighted by Gasteiger charge is 2.22. The van der Waals surface area contributed by atoms with Crippen LogP contribution in [0.2, 0.25) is 0 Å². The number of carbonyl (C=O) groups is 1. The van der Waals surface area contributed by atoms with Crippen molar-refractivity contribution in [3.8, 4) is 0 Å². The monoisotopic (exact) mass is 417 g/mol. The second kappa shape index (κ2) is 15.4. The van der Waals surface area contributed by atoms with Gasteiger partial charge in [0.2, 0.25) is 0 Å². The molecule has 0 aromatic carbocycles. The third-order valence-electron chi connectivity index (χ3n) is 0. The number of hydrogen-bond acceptors (Lipinski definition) is 10. The first-order valence-corrected chi connectivity index (χ1v) is 8.34. The Morgan fingerprint density at radius 3 is 1.00 bits per heavy atom. The Labute approximate surface area is 126 Å². The number of hydrogen-bond donors (Lipinski definition) is 12. The van der Waals surface area contributed by atoms with Gasteiger partial charge in [-0.1, -0.05) is 0 Å². The van der Waals surface area contributed by atoms with Gasteiger partial charge in [-0.15, -0.1) is 10.1 Å². The van der Waals surface area contributed by atoms with E-state index in [0.717, 1.165) is 0 Å². The van der Waals surface area contributed by atoms with E-state index in [2.05, 4.69) is 0 Å². The smallest absolute Gasteiger partial charge is 0.450 e. The van der Waals surface area contributed by atoms with Crippen molar-refractivity contribution >= 4 is 33.4 Å². The van der Waals surface area contributed by atoms with Gasteiger partial charge in [-0.05, 0) is 0 Å². The molecule has 0 unspecified atom stereocenters. The largest absolute Gasteiger partial charge is 0.668 e. The Balaban J connectivity index is -0.0000000589. The Hall–Kier alpha value is -1.49. The predicted molar refractivity (Wildman–Crippen MR) is 62.5 cm³/mol. The third-order valence-corrected chi connectivity index (χ3v) is 0. The van der Waals surface area contributed by atoms with E-state index in [4.69, 9.17) is 86.3 Å². The van der Waals surface area contributed by atoms with Crippen molar-refractivity contribution in [3.63, 3.8) is 0 Å². The second-order valence-corrected chi connectivity index (χ2v) is 5.20. The molecule has 0 saturated heterocycles. The molecule has 0 aliphatic rings. The van der Waals surface area contributed by atoms with Crippen LogP contribution in [0.15, 0.2) is 0 Å². The van der Waals surface area contributed by atoms with Gasteiger partial charge in [0.1, 0.15) is 0 Å². The van der Waals surface area contributed by atoms with Gasteiger partial charge in [-0.3, -0.25) is 9.11 Å². The Morgan fingerprint density at radius 1 is 1.00 bits per heavy atom. The minimum atomic E-state index is -4.67. The van der Waals surface area contributed by atoms with Gasteiger partial charge in [-0.2, -0.15) is 8.42 Å². The minimum absolute atomic E-state index is 1.50. The molecule has 22 heteroatoms. The molecular formula is CH12NO18PSSi. The fraction of sp³-hybridized carbons (Fsp3) is 0. The van der Waals surface area contributed by atoms with E-state index >= 15 is 0 Å². The van der Waals surface area contributed by atoms with Gasteiger partial charge in [0.25, 0.3) is 5.09 Å². The van der Waals surface area contributed by atoms with Crippen molar-refractivity contribution in [1.82, 2.24) is 0 Å². The van der Waals surface area contributed by atoms with Crippen LogP contribution in [0, 0.1) is 10.1 Å². The highest BCUT2D eigenvalue weighted by Crippen LogP contribution is 2.25. The lowest BCUT2D eigenvalue weighted by molar-refractivity contribution is -0.742. The molecule has 144 valence electrons. The van der Waals surface area contributed by atoms with Gasteiger partial charge < -0.3 is 49.3 Å². The van der Waals surface area contributed by atoms with Crippen molar-refractivity contribution in [1.29, 1.82) is 0 Å². The lowest BCUT2D eigenvalue weighted by Gasteiger charge is -1.91. The average Bonchev–Trinajstić information content (AvgIpc) is 1.85. The summed E-state index contributed by atoms with van der Waals surface area (Å²) in [7, 11) is -13.9. The third kappa shape index (κ3) is 3150. The van der Waals surface area contributed by atoms with E-state index in [9.17, 15) is 0 Å². The first-order valence-electron chi connectivity index (χ1n) is 3.59. The molecule has 0 aromatic heterocycles. The van der Waals surface area contributed by atoms with Crippen molar-refractivity contribution < 1.29 is 81.3 Å². The molecule has 0 aliphatic carbocycles. The summed E-state index contributed by atoms with van der Waals surface area (Å²) in [5.41, 5.74) is 0. The van der Waals surface area contributed by atoms with Crippen LogP contribution in [0.1, 0.15) is 0 Å². The zero-order chi connectivity index (χ0) is 20.7. The van der Waals surface area contributed by atoms with Crippen LogP contribution in [0.25, 0.3) is 0 Å². The molecule has 0 amide bonds. The summed E-state index contributed by atoms with van der Waals surface area (Å²) >= 11 is 0. The lowest BCUT2D eigenvalue weighted by atomic mass is 11.5. The van der Waals surface area contributed by atoms with Crippen LogP contribution in [-0.4, -0.2) is 87.1 Å². The molecule has 23 heavy (non-hydrogen) atoms. The van der Waals surface area contributed by atoms with Crippen molar-refractivity contribution in [2.75, 3.05) is 0 Å². The van der Waals surface area contributed by atoms with Gasteiger partial charge in [0, 0.05) is 0 Å². The number of nitrogens with zero attached hydrogens (tertiary/aromatic N) is 1. The maximum absolute atomic E-state index is 8.88. The van der Waals surface area contributed by atoms with Crippen LogP contribution in [0.4, 0.5) is 4.79 Å². The number of phosphoric acid groups is 1. The molecule has 0 saturated carbocycles. The summed E-state index contributed by atoms with van der Waals surface area (Å²) in [5.74, 6) is 0. The normalized spacial score (nSPS) is 9.78. The Kier molecular flexibility index (Phi) is 22.2. The summed E-state index contributed by atoms with van der Waals surface area (Å²) in [4.78, 5) is 67.8. The van der Waals surface area contributed by atoms with Crippen LogP contribution in [0.5, 0.6) is 0 Å². The van der Waals surface area contributed by atoms with E-state index in [1.807, 2.05) is 0 Å². The van der Waals surface area contributed by atoms with E-state index in [-0.39, 0.29) is 0 Å². The topological polar surface area (TPSA) is 354 Å². The first-order chi connectivity index (χ1) is 9.46. The van der Waals surface area contributed by atoms with Crippen molar-refractivity contribution in [2.45, 2.75) is 0 Å². The van der Waals surface area contributed by atoms with Crippen molar-refractivity contribution in [2.24, 2.45) is 0 Å². The molecule has 0 aliphatic heterocycles. The molecule has 0 fully saturated rings. The molecular weight excluding hydrogens is 405 g/mol. The van der Waals surface area contributed by atoms with Crippen molar-refractivity contribution in [3.05, 3.63) is 10.1 Å². The highest BCUT2D eigenvalue weighted by atomic mass is 32.3. The maximum atomic E-state index is 8.88. The average molecular weight is 417 g/mol. The van der Waals surface area contributed by atoms with E-state index in [0.29, 0.717) is 0 Å². The van der Waals surface area contributed by atoms with Crippen LogP contribution >= 0.6 is 7.82 Å². The van der Waals surface area contributed by atoms with Gasteiger partial charge >= 0.3 is 33.4 Å². The number of rotatable bonds is 0. The predicted octanol–water partition coefficient (Wildman–Crippen LogP) is -4.32. The van der Waals surface area contributed by atoms with Crippen LogP contribution in [-0.2, 0) is 15.0 Å². The standard InChI is InChI=1S/CH2O3.HNO3.H3O4P.H2O4S.H4O4Si/c2*2-1(3)4;3*1-5(2,3)4/h(H2,2,3,4);(H,2,3,4);(H3,1,2,3,4);(H2,1,2,3,4);1-4H. The minimum Gasteiger partial charge on any atom is -0.450 e. The quantitative estimate of drug-likeness (QED) is 0.0582.